The maximum Gasteiger partial charge on any atom is 0.226 e. The number of hydrogen-bond acceptors (Lipinski definition) is 8. The molecule has 132 valence electrons. The summed E-state index contributed by atoms with van der Waals surface area (Å²) in [5, 5.41) is 4.29. The quantitative estimate of drug-likeness (QED) is 0.583. The average molecular weight is 353 g/mol. The number of benzene rings is 1. The Balaban J connectivity index is 1.69. The lowest BCUT2D eigenvalue weighted by molar-refractivity contribution is 0.351. The summed E-state index contributed by atoms with van der Waals surface area (Å²) in [4.78, 5) is 8.60. The van der Waals surface area contributed by atoms with E-state index >= 15 is 0 Å². The molecular formula is C17H15N5O4. The van der Waals surface area contributed by atoms with E-state index in [1.165, 1.54) is 4.52 Å². The van der Waals surface area contributed by atoms with Crippen molar-refractivity contribution >= 4 is 11.6 Å². The molecule has 1 aromatic carbocycles. The van der Waals surface area contributed by atoms with Crippen LogP contribution in [0.3, 0.4) is 0 Å². The van der Waals surface area contributed by atoms with Crippen molar-refractivity contribution in [2.45, 2.75) is 0 Å². The molecule has 4 rings (SSSR count). The maximum absolute atomic E-state index is 5.97. The first-order valence-corrected chi connectivity index (χ1v) is 7.65. The first-order valence-electron chi connectivity index (χ1n) is 7.65. The van der Waals surface area contributed by atoms with Gasteiger partial charge in [-0.25, -0.2) is 4.98 Å². The zero-order valence-corrected chi connectivity index (χ0v) is 14.0. The molecule has 3 heterocycles. The zero-order chi connectivity index (χ0) is 18.1. The fourth-order valence-corrected chi connectivity index (χ4v) is 2.45. The van der Waals surface area contributed by atoms with Gasteiger partial charge in [0.25, 0.3) is 0 Å². The lowest BCUT2D eigenvalue weighted by Crippen LogP contribution is -2.03. The Morgan fingerprint density at radius 1 is 1.04 bits per heavy atom. The van der Waals surface area contributed by atoms with Crippen LogP contribution in [0.15, 0.2) is 47.1 Å². The van der Waals surface area contributed by atoms with E-state index in [4.69, 9.17) is 24.4 Å². The number of methoxy groups -OCH3 is 2. The number of anilines is 1. The van der Waals surface area contributed by atoms with Crippen LogP contribution < -0.4 is 19.9 Å². The van der Waals surface area contributed by atoms with Crippen LogP contribution in [0.25, 0.3) is 17.2 Å². The minimum absolute atomic E-state index is 0.142. The minimum atomic E-state index is 0.142. The molecule has 0 fully saturated rings. The molecule has 0 atom stereocenters. The van der Waals surface area contributed by atoms with Crippen LogP contribution in [-0.4, -0.2) is 33.8 Å². The summed E-state index contributed by atoms with van der Waals surface area (Å²) in [6.07, 6.45) is 1.55. The topological polar surface area (TPSA) is 110 Å². The maximum atomic E-state index is 5.97. The van der Waals surface area contributed by atoms with E-state index in [9.17, 15) is 0 Å². The van der Waals surface area contributed by atoms with Gasteiger partial charge in [0.05, 0.1) is 20.5 Å². The highest BCUT2D eigenvalue weighted by atomic mass is 16.5. The first kappa shape index (κ1) is 15.8. The van der Waals surface area contributed by atoms with Crippen LogP contribution in [0, 0.1) is 0 Å². The number of nitrogen functional groups attached to an aromatic ring is 1. The molecule has 0 aliphatic heterocycles. The van der Waals surface area contributed by atoms with Gasteiger partial charge in [0, 0.05) is 12.1 Å². The highest BCUT2D eigenvalue weighted by molar-refractivity contribution is 5.55. The van der Waals surface area contributed by atoms with Gasteiger partial charge < -0.3 is 24.4 Å². The van der Waals surface area contributed by atoms with E-state index in [1.807, 2.05) is 0 Å². The molecular weight excluding hydrogens is 338 g/mol. The molecule has 2 N–H and O–H groups in total. The number of ether oxygens (including phenoxy) is 3. The summed E-state index contributed by atoms with van der Waals surface area (Å²) >= 11 is 0. The Morgan fingerprint density at radius 3 is 2.62 bits per heavy atom. The Kier molecular flexibility index (Phi) is 3.81. The fraction of sp³-hybridized carbons (Fsp3) is 0.118. The van der Waals surface area contributed by atoms with E-state index in [1.54, 1.807) is 56.9 Å². The average Bonchev–Trinajstić information content (AvgIpc) is 3.31. The van der Waals surface area contributed by atoms with Gasteiger partial charge in [-0.2, -0.15) is 9.50 Å². The second-order valence-corrected chi connectivity index (χ2v) is 5.25. The fourth-order valence-electron chi connectivity index (χ4n) is 2.45. The van der Waals surface area contributed by atoms with Gasteiger partial charge in [0.2, 0.25) is 17.7 Å². The number of nitrogens with two attached hydrogens (primary N) is 1. The van der Waals surface area contributed by atoms with Crippen molar-refractivity contribution < 1.29 is 18.6 Å². The molecule has 0 radical (unpaired) electrons. The van der Waals surface area contributed by atoms with Gasteiger partial charge in [-0.3, -0.25) is 0 Å². The van der Waals surface area contributed by atoms with Crippen molar-refractivity contribution in [3.05, 3.63) is 42.7 Å². The molecule has 3 aromatic heterocycles. The molecule has 0 aliphatic rings. The highest BCUT2D eigenvalue weighted by Crippen LogP contribution is 2.33. The molecule has 26 heavy (non-hydrogen) atoms. The molecule has 0 saturated heterocycles. The van der Waals surface area contributed by atoms with E-state index in [0.29, 0.717) is 34.5 Å². The minimum Gasteiger partial charge on any atom is -0.493 e. The predicted molar refractivity (Wildman–Crippen MR) is 92.5 cm³/mol. The zero-order valence-electron chi connectivity index (χ0n) is 14.0. The van der Waals surface area contributed by atoms with Gasteiger partial charge >= 0.3 is 0 Å². The summed E-state index contributed by atoms with van der Waals surface area (Å²) < 4.78 is 23.0. The Labute approximate surface area is 147 Å². The SMILES string of the molecule is COc1ccc(Oc2cc3nc(-c4ccco4)nn3c(N)n2)cc1OC. The Hall–Kier alpha value is -3.75. The molecule has 4 aromatic rings. The van der Waals surface area contributed by atoms with Gasteiger partial charge in [-0.1, -0.05) is 0 Å². The van der Waals surface area contributed by atoms with E-state index < -0.39 is 0 Å². The molecule has 0 aliphatic carbocycles. The summed E-state index contributed by atoms with van der Waals surface area (Å²) in [7, 11) is 3.12. The van der Waals surface area contributed by atoms with Crippen molar-refractivity contribution in [1.29, 1.82) is 0 Å². The lowest BCUT2D eigenvalue weighted by Gasteiger charge is -2.10. The Bertz CT molecular complexity index is 1060. The lowest BCUT2D eigenvalue weighted by atomic mass is 10.3. The monoisotopic (exact) mass is 353 g/mol. The van der Waals surface area contributed by atoms with Gasteiger partial charge in [0.15, 0.2) is 22.9 Å². The van der Waals surface area contributed by atoms with Gasteiger partial charge in [-0.15, -0.1) is 5.10 Å². The van der Waals surface area contributed by atoms with E-state index in [-0.39, 0.29) is 11.8 Å². The van der Waals surface area contributed by atoms with Crippen LogP contribution in [0.2, 0.25) is 0 Å². The molecule has 9 nitrogen and oxygen atoms in total. The molecule has 0 unspecified atom stereocenters. The second-order valence-electron chi connectivity index (χ2n) is 5.25. The third-order valence-corrected chi connectivity index (χ3v) is 3.65. The number of fused-ring (bicyclic) bond motifs is 1. The van der Waals surface area contributed by atoms with Crippen LogP contribution in [0.5, 0.6) is 23.1 Å². The largest absolute Gasteiger partial charge is 0.493 e. The molecule has 9 heteroatoms. The smallest absolute Gasteiger partial charge is 0.226 e. The summed E-state index contributed by atoms with van der Waals surface area (Å²) in [5.74, 6) is 3.03. The number of furan rings is 1. The molecule has 0 spiro atoms. The summed E-state index contributed by atoms with van der Waals surface area (Å²) in [6, 6.07) is 10.3. The number of rotatable bonds is 5. The van der Waals surface area contributed by atoms with Gasteiger partial charge in [-0.05, 0) is 24.3 Å². The second kappa shape index (κ2) is 6.28. The van der Waals surface area contributed by atoms with Crippen molar-refractivity contribution in [2.75, 3.05) is 20.0 Å². The third-order valence-electron chi connectivity index (χ3n) is 3.65. The Morgan fingerprint density at radius 2 is 1.88 bits per heavy atom. The van der Waals surface area contributed by atoms with E-state index in [0.717, 1.165) is 0 Å². The van der Waals surface area contributed by atoms with Crippen molar-refractivity contribution in [3.63, 3.8) is 0 Å². The molecule has 0 bridgehead atoms. The van der Waals surface area contributed by atoms with Gasteiger partial charge in [0.1, 0.15) is 5.75 Å². The number of aromatic nitrogens is 4. The molecule has 0 amide bonds. The number of nitrogens with zero attached hydrogens (tertiary/aromatic N) is 4. The van der Waals surface area contributed by atoms with E-state index in [2.05, 4.69) is 15.1 Å². The van der Waals surface area contributed by atoms with Crippen LogP contribution >= 0.6 is 0 Å². The highest BCUT2D eigenvalue weighted by Gasteiger charge is 2.14. The van der Waals surface area contributed by atoms with Crippen LogP contribution in [0.4, 0.5) is 5.95 Å². The molecule has 0 saturated carbocycles. The first-order chi connectivity index (χ1) is 12.7. The van der Waals surface area contributed by atoms with Crippen LogP contribution in [0.1, 0.15) is 0 Å². The third kappa shape index (κ3) is 2.75. The van der Waals surface area contributed by atoms with Crippen molar-refractivity contribution in [2.24, 2.45) is 0 Å². The van der Waals surface area contributed by atoms with Crippen LogP contribution in [-0.2, 0) is 0 Å². The summed E-state index contributed by atoms with van der Waals surface area (Å²) in [5.41, 5.74) is 6.46. The standard InChI is InChI=1S/C17H15N5O4/c1-23-11-6-5-10(8-13(11)24-2)26-15-9-14-19-16(12-4-3-7-25-12)21-22(14)17(18)20-15/h3-9H,1-2H3,(H2,18,20). The summed E-state index contributed by atoms with van der Waals surface area (Å²) in [6.45, 7) is 0. The predicted octanol–water partition coefficient (Wildman–Crippen LogP) is 2.78. The normalized spacial score (nSPS) is 10.8. The number of hydrogen-bond donors (Lipinski definition) is 1. The van der Waals surface area contributed by atoms with Crippen molar-refractivity contribution in [3.8, 4) is 34.7 Å². The van der Waals surface area contributed by atoms with Crippen molar-refractivity contribution in [1.82, 2.24) is 19.6 Å².